The van der Waals surface area contributed by atoms with Gasteiger partial charge in [0, 0.05) is 26.7 Å². The Morgan fingerprint density at radius 1 is 1.38 bits per heavy atom. The fraction of sp³-hybridized carbons (Fsp3) is 0.875. The van der Waals surface area contributed by atoms with Gasteiger partial charge in [0.25, 0.3) is 5.91 Å². The number of halogens is 1. The van der Waals surface area contributed by atoms with Crippen LogP contribution in [0.2, 0.25) is 0 Å². The molecule has 140 valence electrons. The second-order valence-corrected chi connectivity index (χ2v) is 6.59. The van der Waals surface area contributed by atoms with Gasteiger partial charge in [0.15, 0.2) is 5.96 Å². The Labute approximate surface area is 162 Å². The zero-order valence-corrected chi connectivity index (χ0v) is 17.4. The van der Waals surface area contributed by atoms with Crippen molar-refractivity contribution in [2.75, 3.05) is 40.3 Å². The molecule has 0 spiro atoms. The van der Waals surface area contributed by atoms with Crippen LogP contribution in [0.4, 0.5) is 0 Å². The Morgan fingerprint density at radius 2 is 2.12 bits per heavy atom. The van der Waals surface area contributed by atoms with Crippen LogP contribution in [0, 0.1) is 0 Å². The molecule has 2 heterocycles. The Balaban J connectivity index is 0.00000288. The molecule has 0 aromatic heterocycles. The summed E-state index contributed by atoms with van der Waals surface area (Å²) < 4.78 is 5.77. The fourth-order valence-corrected chi connectivity index (χ4v) is 3.32. The van der Waals surface area contributed by atoms with Crippen molar-refractivity contribution >= 4 is 35.8 Å². The first-order valence-electron chi connectivity index (χ1n) is 8.65. The number of hydrogen-bond donors (Lipinski definition) is 2. The van der Waals surface area contributed by atoms with Gasteiger partial charge in [-0.15, -0.1) is 24.0 Å². The number of nitrogens with zero attached hydrogens (tertiary/aromatic N) is 3. The summed E-state index contributed by atoms with van der Waals surface area (Å²) in [7, 11) is 3.51. The largest absolute Gasteiger partial charge is 0.370 e. The number of likely N-dealkylation sites (N-methyl/N-ethyl adjacent to an activating group) is 2. The van der Waals surface area contributed by atoms with Crippen LogP contribution >= 0.6 is 24.0 Å². The van der Waals surface area contributed by atoms with Gasteiger partial charge in [-0.25, -0.2) is 0 Å². The summed E-state index contributed by atoms with van der Waals surface area (Å²) in [6.45, 7) is 5.78. The molecule has 2 fully saturated rings. The van der Waals surface area contributed by atoms with Gasteiger partial charge in [-0.1, -0.05) is 6.92 Å². The van der Waals surface area contributed by atoms with Gasteiger partial charge in [-0.05, 0) is 38.8 Å². The number of guanidine groups is 1. The fourth-order valence-electron chi connectivity index (χ4n) is 3.32. The number of carbonyl (C=O) groups is 1. The molecule has 0 bridgehead atoms. The molecule has 2 aliphatic heterocycles. The minimum absolute atomic E-state index is 0. The number of nitrogens with one attached hydrogen (secondary N) is 1. The minimum Gasteiger partial charge on any atom is -0.370 e. The number of amides is 1. The lowest BCUT2D eigenvalue weighted by Crippen LogP contribution is -2.40. The molecule has 2 rings (SSSR count). The summed E-state index contributed by atoms with van der Waals surface area (Å²) in [5.74, 6) is 0.508. The van der Waals surface area contributed by atoms with Crippen molar-refractivity contribution < 1.29 is 9.53 Å². The van der Waals surface area contributed by atoms with Crippen LogP contribution in [-0.2, 0) is 9.53 Å². The molecule has 7 nitrogen and oxygen atoms in total. The molecule has 2 saturated heterocycles. The van der Waals surface area contributed by atoms with E-state index in [1.54, 1.807) is 19.0 Å². The third kappa shape index (κ3) is 6.03. The maximum absolute atomic E-state index is 11.9. The highest BCUT2D eigenvalue weighted by molar-refractivity contribution is 14.0. The molecule has 3 unspecified atom stereocenters. The molecule has 0 aromatic carbocycles. The quantitative estimate of drug-likeness (QED) is 0.350. The monoisotopic (exact) mass is 453 g/mol. The smallest absolute Gasteiger partial charge is 0.251 e. The Kier molecular flexibility index (Phi) is 9.28. The van der Waals surface area contributed by atoms with E-state index >= 15 is 0 Å². The van der Waals surface area contributed by atoms with Crippen LogP contribution < -0.4 is 11.1 Å². The van der Waals surface area contributed by atoms with Crippen molar-refractivity contribution in [3.63, 3.8) is 0 Å². The first-order chi connectivity index (χ1) is 11.0. The van der Waals surface area contributed by atoms with Crippen LogP contribution in [0.5, 0.6) is 0 Å². The van der Waals surface area contributed by atoms with E-state index in [4.69, 9.17) is 10.5 Å². The predicted molar refractivity (Wildman–Crippen MR) is 107 cm³/mol. The average molecular weight is 453 g/mol. The van der Waals surface area contributed by atoms with E-state index in [2.05, 4.69) is 22.1 Å². The Bertz CT molecular complexity index is 433. The average Bonchev–Trinajstić information content (AvgIpc) is 3.18. The maximum atomic E-state index is 11.9. The van der Waals surface area contributed by atoms with E-state index in [-0.39, 0.29) is 42.1 Å². The number of rotatable bonds is 6. The van der Waals surface area contributed by atoms with E-state index in [1.165, 1.54) is 19.4 Å². The third-order valence-corrected chi connectivity index (χ3v) is 4.71. The van der Waals surface area contributed by atoms with E-state index in [9.17, 15) is 4.79 Å². The van der Waals surface area contributed by atoms with Gasteiger partial charge in [-0.3, -0.25) is 14.7 Å². The molecule has 24 heavy (non-hydrogen) atoms. The molecule has 3 N–H and O–H groups in total. The van der Waals surface area contributed by atoms with Crippen molar-refractivity contribution in [2.24, 2.45) is 10.7 Å². The number of carbonyl (C=O) groups excluding carboxylic acids is 1. The van der Waals surface area contributed by atoms with Crippen LogP contribution in [-0.4, -0.2) is 80.2 Å². The first kappa shape index (κ1) is 21.4. The number of ether oxygens (including phenoxy) is 1. The second kappa shape index (κ2) is 10.4. The third-order valence-electron chi connectivity index (χ3n) is 4.71. The summed E-state index contributed by atoms with van der Waals surface area (Å²) in [4.78, 5) is 20.4. The lowest BCUT2D eigenvalue weighted by molar-refractivity contribution is -0.140. The van der Waals surface area contributed by atoms with Crippen LogP contribution in [0.3, 0.4) is 0 Å². The summed E-state index contributed by atoms with van der Waals surface area (Å²) in [6, 6.07) is 0.519. The minimum atomic E-state index is -0.313. The van der Waals surface area contributed by atoms with Gasteiger partial charge in [0.2, 0.25) is 0 Å². The zero-order valence-electron chi connectivity index (χ0n) is 15.0. The highest BCUT2D eigenvalue weighted by atomic mass is 127. The lowest BCUT2D eigenvalue weighted by Gasteiger charge is -2.21. The highest BCUT2D eigenvalue weighted by Gasteiger charge is 2.31. The number of hydrogen-bond acceptors (Lipinski definition) is 4. The summed E-state index contributed by atoms with van der Waals surface area (Å²) >= 11 is 0. The lowest BCUT2D eigenvalue weighted by atomic mass is 10.2. The van der Waals surface area contributed by atoms with Crippen molar-refractivity contribution in [2.45, 2.75) is 50.9 Å². The second-order valence-electron chi connectivity index (χ2n) is 6.59. The van der Waals surface area contributed by atoms with Gasteiger partial charge >= 0.3 is 0 Å². The summed E-state index contributed by atoms with van der Waals surface area (Å²) in [5, 5.41) is 3.13. The van der Waals surface area contributed by atoms with Crippen molar-refractivity contribution in [1.29, 1.82) is 0 Å². The highest BCUT2D eigenvalue weighted by Crippen LogP contribution is 2.20. The van der Waals surface area contributed by atoms with E-state index in [0.29, 0.717) is 18.5 Å². The molecule has 0 aliphatic carbocycles. The molecule has 2 aliphatic rings. The molecule has 8 heteroatoms. The SMILES string of the molecule is CCN1CCCC1CN=C(N)NCC1CCC(C(=O)N(C)C)O1.I. The normalized spacial score (nSPS) is 27.8. The van der Waals surface area contributed by atoms with E-state index < -0.39 is 0 Å². The van der Waals surface area contributed by atoms with Gasteiger partial charge in [0.05, 0.1) is 12.6 Å². The molecule has 3 atom stereocenters. The number of aliphatic imine (C=N–C) groups is 1. The van der Waals surface area contributed by atoms with Gasteiger partial charge in [-0.2, -0.15) is 0 Å². The van der Waals surface area contributed by atoms with Crippen molar-refractivity contribution in [1.82, 2.24) is 15.1 Å². The zero-order chi connectivity index (χ0) is 16.8. The Morgan fingerprint density at radius 3 is 2.79 bits per heavy atom. The van der Waals surface area contributed by atoms with E-state index in [0.717, 1.165) is 25.9 Å². The van der Waals surface area contributed by atoms with Crippen molar-refractivity contribution in [3.05, 3.63) is 0 Å². The van der Waals surface area contributed by atoms with E-state index in [1.807, 2.05) is 0 Å². The molecule has 1 amide bonds. The topological polar surface area (TPSA) is 83.2 Å². The van der Waals surface area contributed by atoms with Crippen LogP contribution in [0.15, 0.2) is 4.99 Å². The summed E-state index contributed by atoms with van der Waals surface area (Å²) in [5.41, 5.74) is 5.95. The first-order valence-corrected chi connectivity index (χ1v) is 8.65. The predicted octanol–water partition coefficient (Wildman–Crippen LogP) is 0.629. The Hall–Kier alpha value is -0.610. The molecule has 0 radical (unpaired) electrons. The van der Waals surface area contributed by atoms with Crippen LogP contribution in [0.25, 0.3) is 0 Å². The van der Waals surface area contributed by atoms with Crippen LogP contribution in [0.1, 0.15) is 32.6 Å². The summed E-state index contributed by atoms with van der Waals surface area (Å²) in [6.07, 6.45) is 3.80. The van der Waals surface area contributed by atoms with Gasteiger partial charge < -0.3 is 20.7 Å². The molecule has 0 aromatic rings. The van der Waals surface area contributed by atoms with Gasteiger partial charge in [0.1, 0.15) is 6.10 Å². The standard InChI is InChI=1S/C16H31N5O2.HI/c1-4-21-9-5-6-12(21)10-18-16(17)19-11-13-7-8-14(23-13)15(22)20(2)3;/h12-14H,4-11H2,1-3H3,(H3,17,18,19);1H. The maximum Gasteiger partial charge on any atom is 0.251 e. The van der Waals surface area contributed by atoms with Crippen molar-refractivity contribution in [3.8, 4) is 0 Å². The number of likely N-dealkylation sites (tertiary alicyclic amines) is 1. The molecular formula is C16H32IN5O2. The molecule has 0 saturated carbocycles. The number of nitrogens with two attached hydrogens (primary N) is 1. The molecular weight excluding hydrogens is 421 g/mol.